The average Bonchev–Trinajstić information content (AvgIpc) is 3.30. The molecule has 4 heteroatoms. The number of carbonyl (C=O) groups is 1. The third kappa shape index (κ3) is 5.23. The van der Waals surface area contributed by atoms with E-state index in [4.69, 9.17) is 4.74 Å². The molecule has 0 spiro atoms. The molecule has 1 atom stereocenters. The molecule has 0 bridgehead atoms. The normalized spacial score (nSPS) is 14.8. The van der Waals surface area contributed by atoms with Crippen LogP contribution in [-0.4, -0.2) is 17.1 Å². The first-order chi connectivity index (χ1) is 17.6. The van der Waals surface area contributed by atoms with E-state index in [1.54, 1.807) is 0 Å². The zero-order valence-electron chi connectivity index (χ0n) is 21.2. The Kier molecular flexibility index (Phi) is 7.22. The molecule has 1 aromatic heterocycles. The molecule has 0 saturated carbocycles. The van der Waals surface area contributed by atoms with Gasteiger partial charge in [0, 0.05) is 23.5 Å². The number of hydrogen-bond acceptors (Lipinski definition) is 2. The number of nitrogens with zero attached hydrogens (tertiary/aromatic N) is 1. The van der Waals surface area contributed by atoms with Crippen molar-refractivity contribution in [3.8, 4) is 22.7 Å². The number of nitrogens with one attached hydrogen (secondary N) is 1. The van der Waals surface area contributed by atoms with E-state index in [9.17, 15) is 4.79 Å². The van der Waals surface area contributed by atoms with Gasteiger partial charge in [-0.05, 0) is 90.8 Å². The second kappa shape index (κ2) is 10.9. The van der Waals surface area contributed by atoms with Crippen LogP contribution in [-0.2, 0) is 19.4 Å². The number of benzene rings is 3. The summed E-state index contributed by atoms with van der Waals surface area (Å²) in [6, 6.07) is 28.8. The molecule has 1 aliphatic carbocycles. The van der Waals surface area contributed by atoms with E-state index in [-0.39, 0.29) is 5.91 Å². The highest BCUT2D eigenvalue weighted by Crippen LogP contribution is 2.35. The van der Waals surface area contributed by atoms with Crippen molar-refractivity contribution >= 4 is 5.91 Å². The Morgan fingerprint density at radius 1 is 1.00 bits per heavy atom. The van der Waals surface area contributed by atoms with Crippen LogP contribution >= 0.6 is 0 Å². The fraction of sp³-hybridized carbons (Fsp3) is 0.281. The van der Waals surface area contributed by atoms with Gasteiger partial charge in [0.25, 0.3) is 5.91 Å². The summed E-state index contributed by atoms with van der Waals surface area (Å²) in [5.74, 6) is 1.50. The van der Waals surface area contributed by atoms with Gasteiger partial charge < -0.3 is 14.6 Å². The second-order valence-corrected chi connectivity index (χ2v) is 9.77. The van der Waals surface area contributed by atoms with E-state index >= 15 is 0 Å². The van der Waals surface area contributed by atoms with Crippen LogP contribution in [0.15, 0.2) is 84.9 Å². The molecule has 0 saturated heterocycles. The highest BCUT2D eigenvalue weighted by molar-refractivity contribution is 5.94. The molecule has 1 N–H and O–H groups in total. The van der Waals surface area contributed by atoms with Crippen LogP contribution in [0.25, 0.3) is 16.9 Å². The lowest BCUT2D eigenvalue weighted by molar-refractivity contribution is 0.0951. The fourth-order valence-electron chi connectivity index (χ4n) is 5.00. The van der Waals surface area contributed by atoms with Gasteiger partial charge in [-0.3, -0.25) is 4.79 Å². The van der Waals surface area contributed by atoms with Crippen molar-refractivity contribution in [2.75, 3.05) is 6.61 Å². The van der Waals surface area contributed by atoms with Gasteiger partial charge in [0.1, 0.15) is 5.75 Å². The van der Waals surface area contributed by atoms with E-state index < -0.39 is 0 Å². The fourth-order valence-corrected chi connectivity index (χ4v) is 5.00. The first-order valence-corrected chi connectivity index (χ1v) is 13.0. The maximum Gasteiger partial charge on any atom is 0.251 e. The van der Waals surface area contributed by atoms with E-state index in [1.165, 1.54) is 28.9 Å². The Labute approximate surface area is 213 Å². The summed E-state index contributed by atoms with van der Waals surface area (Å²) in [4.78, 5) is 12.8. The van der Waals surface area contributed by atoms with Gasteiger partial charge in [-0.15, -0.1) is 0 Å². The minimum atomic E-state index is -0.0699. The second-order valence-electron chi connectivity index (χ2n) is 9.77. The van der Waals surface area contributed by atoms with Crippen LogP contribution in [0.5, 0.6) is 5.75 Å². The summed E-state index contributed by atoms with van der Waals surface area (Å²) in [7, 11) is 0. The van der Waals surface area contributed by atoms with Gasteiger partial charge in [0.05, 0.1) is 12.3 Å². The lowest BCUT2D eigenvalue weighted by Gasteiger charge is -2.21. The number of carbonyl (C=O) groups excluding carboxylic acids is 1. The van der Waals surface area contributed by atoms with Crippen LogP contribution in [0.3, 0.4) is 0 Å². The zero-order valence-corrected chi connectivity index (χ0v) is 21.2. The van der Waals surface area contributed by atoms with Crippen LogP contribution < -0.4 is 10.1 Å². The lowest BCUT2D eigenvalue weighted by atomic mass is 9.89. The molecule has 1 aliphatic rings. The highest BCUT2D eigenvalue weighted by atomic mass is 16.5. The molecule has 3 aromatic carbocycles. The van der Waals surface area contributed by atoms with Crippen molar-refractivity contribution < 1.29 is 9.53 Å². The van der Waals surface area contributed by atoms with Crippen LogP contribution in [0, 0.1) is 5.92 Å². The van der Waals surface area contributed by atoms with Crippen molar-refractivity contribution in [2.45, 2.75) is 46.1 Å². The Bertz CT molecular complexity index is 1310. The van der Waals surface area contributed by atoms with Gasteiger partial charge >= 0.3 is 0 Å². The predicted octanol–water partition coefficient (Wildman–Crippen LogP) is 6.99. The van der Waals surface area contributed by atoms with Crippen LogP contribution in [0.4, 0.5) is 0 Å². The summed E-state index contributed by atoms with van der Waals surface area (Å²) in [6.07, 6.45) is 4.38. The monoisotopic (exact) mass is 478 g/mol. The van der Waals surface area contributed by atoms with Crippen molar-refractivity contribution in [1.82, 2.24) is 9.88 Å². The number of fused-ring (bicyclic) bond motifs is 1. The molecular formula is C32H34N2O2. The zero-order chi connectivity index (χ0) is 24.9. The quantitative estimate of drug-likeness (QED) is 0.297. The van der Waals surface area contributed by atoms with Gasteiger partial charge in [-0.25, -0.2) is 0 Å². The number of ether oxygens (including phenoxy) is 1. The largest absolute Gasteiger partial charge is 0.494 e. The Hall–Kier alpha value is -3.79. The molecule has 1 heterocycles. The third-order valence-corrected chi connectivity index (χ3v) is 6.94. The summed E-state index contributed by atoms with van der Waals surface area (Å²) in [5, 5.41) is 3.04. The molecule has 0 aliphatic heterocycles. The summed E-state index contributed by atoms with van der Waals surface area (Å²) in [5.41, 5.74) is 8.09. The minimum absolute atomic E-state index is 0.0699. The van der Waals surface area contributed by atoms with E-state index in [2.05, 4.69) is 72.3 Å². The van der Waals surface area contributed by atoms with Crippen molar-refractivity contribution in [3.63, 3.8) is 0 Å². The Morgan fingerprint density at radius 2 is 1.75 bits per heavy atom. The Morgan fingerprint density at radius 3 is 2.47 bits per heavy atom. The SMILES string of the molecule is CCCOc1ccc(CNC(=O)c2ccc(-n3c(-c4ccccc4)cc4c3CC[C@H](C)C4)cc2)cc1. The van der Waals surface area contributed by atoms with Crippen molar-refractivity contribution in [1.29, 1.82) is 0 Å². The third-order valence-electron chi connectivity index (χ3n) is 6.94. The first-order valence-electron chi connectivity index (χ1n) is 13.0. The standard InChI is InChI=1S/C32H34N2O2/c1-3-19-36-29-16-10-24(11-17-29)22-33-32(35)26-12-14-28(15-13-26)34-30-18-9-23(2)20-27(30)21-31(34)25-7-5-4-6-8-25/h4-8,10-17,21,23H,3,9,18-20,22H2,1-2H3,(H,33,35)/t23-/m0/s1. The maximum absolute atomic E-state index is 12.8. The molecule has 1 amide bonds. The lowest BCUT2D eigenvalue weighted by Crippen LogP contribution is -2.22. The molecule has 0 fully saturated rings. The maximum atomic E-state index is 12.8. The molecule has 0 unspecified atom stereocenters. The highest BCUT2D eigenvalue weighted by Gasteiger charge is 2.23. The molecule has 184 valence electrons. The van der Waals surface area contributed by atoms with Crippen LogP contribution in [0.1, 0.15) is 53.9 Å². The summed E-state index contributed by atoms with van der Waals surface area (Å²) < 4.78 is 8.02. The van der Waals surface area contributed by atoms with Crippen molar-refractivity contribution in [2.24, 2.45) is 5.92 Å². The molecule has 5 rings (SSSR count). The Balaban J connectivity index is 1.33. The predicted molar refractivity (Wildman–Crippen MR) is 146 cm³/mol. The molecule has 4 aromatic rings. The molecule has 36 heavy (non-hydrogen) atoms. The minimum Gasteiger partial charge on any atom is -0.494 e. The summed E-state index contributed by atoms with van der Waals surface area (Å²) >= 11 is 0. The first kappa shape index (κ1) is 23.9. The van der Waals surface area contributed by atoms with Crippen LogP contribution in [0.2, 0.25) is 0 Å². The topological polar surface area (TPSA) is 43.3 Å². The molecule has 4 nitrogen and oxygen atoms in total. The van der Waals surface area contributed by atoms with E-state index in [0.29, 0.717) is 24.6 Å². The average molecular weight is 479 g/mol. The van der Waals surface area contributed by atoms with Gasteiger partial charge in [-0.2, -0.15) is 0 Å². The number of aromatic nitrogens is 1. The summed E-state index contributed by atoms with van der Waals surface area (Å²) in [6.45, 7) is 5.62. The number of rotatable bonds is 8. The van der Waals surface area contributed by atoms with Gasteiger partial charge in [0.2, 0.25) is 0 Å². The van der Waals surface area contributed by atoms with Gasteiger partial charge in [0.15, 0.2) is 0 Å². The van der Waals surface area contributed by atoms with Gasteiger partial charge in [-0.1, -0.05) is 56.3 Å². The van der Waals surface area contributed by atoms with E-state index in [0.717, 1.165) is 36.3 Å². The van der Waals surface area contributed by atoms with E-state index in [1.807, 2.05) is 36.4 Å². The number of hydrogen-bond donors (Lipinski definition) is 1. The molecular weight excluding hydrogens is 444 g/mol. The van der Waals surface area contributed by atoms with Crippen molar-refractivity contribution in [3.05, 3.63) is 107 Å². The smallest absolute Gasteiger partial charge is 0.251 e. The number of amides is 1. The molecule has 0 radical (unpaired) electrons.